The predicted molar refractivity (Wildman–Crippen MR) is 33.6 cm³/mol. The summed E-state index contributed by atoms with van der Waals surface area (Å²) in [5.74, 6) is 0.889. The molecular weight excluding hydrogens is 110 g/mol. The first-order chi connectivity index (χ1) is 3.29. The molecule has 0 aromatic rings. The highest BCUT2D eigenvalue weighted by atomic mass is 32.2. The largest absolute Gasteiger partial charge is 0.377 e. The van der Waals surface area contributed by atoms with Crippen molar-refractivity contribution in [3.63, 3.8) is 0 Å². The van der Waals surface area contributed by atoms with Crippen molar-refractivity contribution in [2.24, 2.45) is 0 Å². The molecular formula is C4H9NOS. The molecule has 2 nitrogen and oxygen atoms in total. The normalized spacial score (nSPS) is 40.9. The van der Waals surface area contributed by atoms with Gasteiger partial charge in [-0.15, -0.1) is 0 Å². The number of aliphatic hydroxyl groups is 1. The van der Waals surface area contributed by atoms with Crippen molar-refractivity contribution in [1.82, 2.24) is 5.32 Å². The number of hydrogen-bond acceptors (Lipinski definition) is 2. The van der Waals surface area contributed by atoms with Crippen LogP contribution in [0.25, 0.3) is 0 Å². The highest BCUT2D eigenvalue weighted by Gasteiger charge is 2.06. The van der Waals surface area contributed by atoms with Gasteiger partial charge in [0.25, 0.3) is 0 Å². The van der Waals surface area contributed by atoms with E-state index in [1.807, 2.05) is 5.49 Å². The molecule has 3 heteroatoms. The van der Waals surface area contributed by atoms with Gasteiger partial charge < -0.3 is 5.11 Å². The van der Waals surface area contributed by atoms with E-state index in [1.165, 1.54) is 0 Å². The van der Waals surface area contributed by atoms with Gasteiger partial charge in [-0.1, -0.05) is 0 Å². The van der Waals surface area contributed by atoms with Crippen LogP contribution in [-0.2, 0) is 0 Å². The summed E-state index contributed by atoms with van der Waals surface area (Å²) >= 11 is 0. The Bertz CT molecular complexity index is 102. The van der Waals surface area contributed by atoms with E-state index in [0.717, 1.165) is 5.75 Å². The van der Waals surface area contributed by atoms with E-state index in [4.69, 9.17) is 5.11 Å². The third-order valence-corrected chi connectivity index (χ3v) is 2.26. The number of aliphatic hydroxyl groups excluding tert-OH is 1. The summed E-state index contributed by atoms with van der Waals surface area (Å²) in [6, 6.07) is 0. The van der Waals surface area contributed by atoms with E-state index < -0.39 is 0 Å². The fraction of sp³-hybridized carbons (Fsp3) is 0.750. The Morgan fingerprint density at radius 1 is 2.00 bits per heavy atom. The van der Waals surface area contributed by atoms with Crippen LogP contribution in [0.3, 0.4) is 0 Å². The fourth-order valence-electron chi connectivity index (χ4n) is 0.540. The fourth-order valence-corrected chi connectivity index (χ4v) is 1.62. The van der Waals surface area contributed by atoms with Crippen LogP contribution in [-0.4, -0.2) is 28.8 Å². The predicted octanol–water partition coefficient (Wildman–Crippen LogP) is -0.434. The monoisotopic (exact) mass is 119 g/mol. The van der Waals surface area contributed by atoms with Crippen molar-refractivity contribution in [1.29, 1.82) is 0 Å². The zero-order valence-corrected chi connectivity index (χ0v) is 5.03. The van der Waals surface area contributed by atoms with E-state index in [2.05, 4.69) is 11.6 Å². The molecule has 1 rings (SSSR count). The summed E-state index contributed by atoms with van der Waals surface area (Å²) in [4.78, 5) is 0. The Morgan fingerprint density at radius 2 is 2.71 bits per heavy atom. The molecule has 0 aromatic carbocycles. The van der Waals surface area contributed by atoms with Crippen LogP contribution in [0.1, 0.15) is 0 Å². The maximum Gasteiger partial charge on any atom is 0.117 e. The van der Waals surface area contributed by atoms with E-state index in [-0.39, 0.29) is 6.23 Å². The third kappa shape index (κ3) is 1.26. The number of rotatable bonds is 0. The molecule has 0 saturated heterocycles. The molecule has 2 unspecified atom stereocenters. The molecule has 1 aliphatic rings. The zero-order chi connectivity index (χ0) is 5.28. The van der Waals surface area contributed by atoms with E-state index >= 15 is 0 Å². The molecule has 0 aromatic heterocycles. The van der Waals surface area contributed by atoms with Gasteiger partial charge >= 0.3 is 0 Å². The molecule has 0 aliphatic carbocycles. The average molecular weight is 119 g/mol. The molecule has 0 saturated carbocycles. The van der Waals surface area contributed by atoms with Gasteiger partial charge in [-0.2, -0.15) is 10.5 Å². The molecule has 1 aliphatic heterocycles. The summed E-state index contributed by atoms with van der Waals surface area (Å²) in [6.07, 6.45) is 1.83. The van der Waals surface area contributed by atoms with Gasteiger partial charge in [-0.25, -0.2) is 0 Å². The summed E-state index contributed by atoms with van der Waals surface area (Å²) < 4.78 is 0. The summed E-state index contributed by atoms with van der Waals surface area (Å²) in [5.41, 5.74) is 1.95. The van der Waals surface area contributed by atoms with Crippen molar-refractivity contribution in [3.8, 4) is 0 Å². The quantitative estimate of drug-likeness (QED) is 0.424. The van der Waals surface area contributed by atoms with Crippen molar-refractivity contribution in [2.75, 3.05) is 12.0 Å². The van der Waals surface area contributed by atoms with Crippen molar-refractivity contribution < 1.29 is 5.11 Å². The number of nitrogens with one attached hydrogen (secondary N) is 1. The Balaban J connectivity index is 2.42. The van der Waals surface area contributed by atoms with Crippen molar-refractivity contribution >= 4 is 16.0 Å². The van der Waals surface area contributed by atoms with E-state index in [0.29, 0.717) is 10.5 Å². The summed E-state index contributed by atoms with van der Waals surface area (Å²) in [5, 5.41) is 11.6. The van der Waals surface area contributed by atoms with Crippen molar-refractivity contribution in [3.05, 3.63) is 0 Å². The highest BCUT2D eigenvalue weighted by molar-refractivity contribution is 8.14. The van der Waals surface area contributed by atoms with Crippen LogP contribution in [0.15, 0.2) is 0 Å². The first-order valence-electron chi connectivity index (χ1n) is 2.18. The molecule has 2 N–H and O–H groups in total. The minimum Gasteiger partial charge on any atom is -0.377 e. The van der Waals surface area contributed by atoms with Crippen LogP contribution in [0, 0.1) is 0 Å². The molecule has 0 spiro atoms. The number of hydrogen-bond donors (Lipinski definition) is 2. The summed E-state index contributed by atoms with van der Waals surface area (Å²) in [6.45, 7) is 0. The van der Waals surface area contributed by atoms with Gasteiger partial charge in [0.2, 0.25) is 0 Å². The minimum absolute atomic E-state index is 0.270. The minimum atomic E-state index is -0.270. The Labute approximate surface area is 45.5 Å². The molecule has 42 valence electrons. The maximum absolute atomic E-state index is 8.76. The molecule has 0 radical (unpaired) electrons. The van der Waals surface area contributed by atoms with Crippen LogP contribution in [0.5, 0.6) is 0 Å². The van der Waals surface area contributed by atoms with Crippen LogP contribution < -0.4 is 5.32 Å². The molecule has 0 amide bonds. The van der Waals surface area contributed by atoms with Gasteiger partial charge in [0.05, 0.1) is 0 Å². The van der Waals surface area contributed by atoms with Crippen LogP contribution >= 0.6 is 10.5 Å². The second-order valence-corrected chi connectivity index (χ2v) is 3.61. The van der Waals surface area contributed by atoms with Gasteiger partial charge in [0, 0.05) is 11.2 Å². The zero-order valence-electron chi connectivity index (χ0n) is 4.22. The van der Waals surface area contributed by atoms with Gasteiger partial charge in [0.15, 0.2) is 0 Å². The van der Waals surface area contributed by atoms with Gasteiger partial charge in [0.1, 0.15) is 6.23 Å². The Morgan fingerprint density at radius 3 is 2.86 bits per heavy atom. The average Bonchev–Trinajstić information content (AvgIpc) is 1.87. The summed E-state index contributed by atoms with van der Waals surface area (Å²) in [7, 11) is 0.311. The second-order valence-electron chi connectivity index (χ2n) is 1.66. The maximum atomic E-state index is 8.76. The molecule has 1 heterocycles. The highest BCUT2D eigenvalue weighted by Crippen LogP contribution is 2.09. The standard InChI is InChI=1S/C4H9NOS/c1-7-2-4(6)5-3-7/h3-6H,2H2,1H3. The smallest absolute Gasteiger partial charge is 0.117 e. The molecule has 0 fully saturated rings. The third-order valence-electron chi connectivity index (χ3n) is 0.882. The second kappa shape index (κ2) is 1.94. The SMILES string of the molecule is CS1=CNC(O)C1. The van der Waals surface area contributed by atoms with Crippen LogP contribution in [0.4, 0.5) is 0 Å². The molecule has 7 heavy (non-hydrogen) atoms. The van der Waals surface area contributed by atoms with Crippen molar-refractivity contribution in [2.45, 2.75) is 6.23 Å². The van der Waals surface area contributed by atoms with E-state index in [1.54, 1.807) is 0 Å². The first-order valence-corrected chi connectivity index (χ1v) is 4.04. The first kappa shape index (κ1) is 5.28. The Hall–Kier alpha value is 0.140. The van der Waals surface area contributed by atoms with Gasteiger partial charge in [-0.3, -0.25) is 5.32 Å². The van der Waals surface area contributed by atoms with E-state index in [9.17, 15) is 0 Å². The van der Waals surface area contributed by atoms with Gasteiger partial charge in [-0.05, 0) is 6.26 Å². The lowest BCUT2D eigenvalue weighted by Crippen LogP contribution is -2.22. The Kier molecular flexibility index (Phi) is 1.46. The lowest BCUT2D eigenvalue weighted by atomic mass is 10.7. The lowest BCUT2D eigenvalue weighted by Gasteiger charge is -1.96. The van der Waals surface area contributed by atoms with Crippen LogP contribution in [0.2, 0.25) is 0 Å². The topological polar surface area (TPSA) is 32.3 Å². The lowest BCUT2D eigenvalue weighted by molar-refractivity contribution is 0.190. The molecule has 2 atom stereocenters. The molecule has 0 bridgehead atoms.